The monoisotopic (exact) mass is 402 g/mol. The molecule has 1 aromatic heterocycles. The number of aromatic nitrogens is 2. The van der Waals surface area contributed by atoms with Gasteiger partial charge < -0.3 is 14.0 Å². The third-order valence-electron chi connectivity index (χ3n) is 3.30. The first-order valence-corrected chi connectivity index (χ1v) is 8.38. The van der Waals surface area contributed by atoms with E-state index in [1.165, 1.54) is 0 Å². The Morgan fingerprint density at radius 3 is 2.60 bits per heavy atom. The first kappa shape index (κ1) is 17.2. The third kappa shape index (κ3) is 4.67. The van der Waals surface area contributed by atoms with Gasteiger partial charge in [0, 0.05) is 10.0 Å². The molecule has 1 unspecified atom stereocenters. The molecule has 0 amide bonds. The lowest BCUT2D eigenvalue weighted by Crippen LogP contribution is -2.26. The Bertz CT molecular complexity index is 834. The summed E-state index contributed by atoms with van der Waals surface area (Å²) in [6.45, 7) is 1.51. The first-order chi connectivity index (χ1) is 12.1. The highest BCUT2D eigenvalue weighted by Crippen LogP contribution is 2.18. The maximum absolute atomic E-state index is 12.0. The normalized spacial score (nSPS) is 11.8. The van der Waals surface area contributed by atoms with Crippen LogP contribution in [0.1, 0.15) is 12.8 Å². The SMILES string of the molecule is CC(Oc1ccc(Br)cc1)C(=O)OCc1nc(-c2ccccc2)no1. The van der Waals surface area contributed by atoms with Gasteiger partial charge >= 0.3 is 5.97 Å². The fraction of sp³-hybridized carbons (Fsp3) is 0.167. The molecule has 0 fully saturated rings. The van der Waals surface area contributed by atoms with Gasteiger partial charge in [0.1, 0.15) is 5.75 Å². The molecule has 1 atom stereocenters. The second-order valence-electron chi connectivity index (χ2n) is 5.20. The highest BCUT2D eigenvalue weighted by Gasteiger charge is 2.18. The summed E-state index contributed by atoms with van der Waals surface area (Å²) in [5, 5.41) is 3.87. The molecule has 7 heteroatoms. The molecule has 128 valence electrons. The van der Waals surface area contributed by atoms with Gasteiger partial charge in [0.25, 0.3) is 5.89 Å². The Morgan fingerprint density at radius 1 is 1.16 bits per heavy atom. The average Bonchev–Trinajstić information content (AvgIpc) is 3.11. The van der Waals surface area contributed by atoms with Gasteiger partial charge in [0.05, 0.1) is 0 Å². The molecule has 0 saturated carbocycles. The predicted octanol–water partition coefficient (Wildman–Crippen LogP) is 4.01. The highest BCUT2D eigenvalue weighted by atomic mass is 79.9. The minimum absolute atomic E-state index is 0.104. The van der Waals surface area contributed by atoms with E-state index in [4.69, 9.17) is 14.0 Å². The lowest BCUT2D eigenvalue weighted by molar-refractivity contribution is -0.153. The van der Waals surface area contributed by atoms with E-state index in [1.807, 2.05) is 42.5 Å². The lowest BCUT2D eigenvalue weighted by atomic mass is 10.2. The summed E-state index contributed by atoms with van der Waals surface area (Å²) >= 11 is 3.34. The van der Waals surface area contributed by atoms with Gasteiger partial charge in [0.15, 0.2) is 12.7 Å². The Labute approximate surface area is 152 Å². The van der Waals surface area contributed by atoms with Crippen molar-refractivity contribution >= 4 is 21.9 Å². The van der Waals surface area contributed by atoms with Gasteiger partial charge in [-0.25, -0.2) is 4.79 Å². The van der Waals surface area contributed by atoms with Gasteiger partial charge in [-0.05, 0) is 31.2 Å². The zero-order valence-electron chi connectivity index (χ0n) is 13.4. The summed E-state index contributed by atoms with van der Waals surface area (Å²) in [5.74, 6) is 0.744. The molecule has 0 saturated heterocycles. The fourth-order valence-corrected chi connectivity index (χ4v) is 2.30. The molecule has 0 aliphatic heterocycles. The Balaban J connectivity index is 1.53. The minimum Gasteiger partial charge on any atom is -0.479 e. The summed E-state index contributed by atoms with van der Waals surface area (Å²) < 4.78 is 16.7. The summed E-state index contributed by atoms with van der Waals surface area (Å²) in [6.07, 6.45) is -0.752. The molecule has 3 rings (SSSR count). The number of ether oxygens (including phenoxy) is 2. The van der Waals surface area contributed by atoms with E-state index in [1.54, 1.807) is 19.1 Å². The van der Waals surface area contributed by atoms with Crippen LogP contribution in [-0.2, 0) is 16.1 Å². The van der Waals surface area contributed by atoms with Crippen molar-refractivity contribution in [2.75, 3.05) is 0 Å². The second-order valence-corrected chi connectivity index (χ2v) is 6.12. The predicted molar refractivity (Wildman–Crippen MR) is 93.8 cm³/mol. The van der Waals surface area contributed by atoms with Crippen LogP contribution in [0, 0.1) is 0 Å². The van der Waals surface area contributed by atoms with Crippen LogP contribution in [0.3, 0.4) is 0 Å². The van der Waals surface area contributed by atoms with Crippen molar-refractivity contribution < 1.29 is 18.8 Å². The van der Waals surface area contributed by atoms with Crippen LogP contribution in [0.4, 0.5) is 0 Å². The number of rotatable bonds is 6. The van der Waals surface area contributed by atoms with Crippen LogP contribution < -0.4 is 4.74 Å². The number of esters is 1. The van der Waals surface area contributed by atoms with E-state index < -0.39 is 12.1 Å². The standard InChI is InChI=1S/C18H15BrN2O4/c1-12(24-15-9-7-14(19)8-10-15)18(22)23-11-16-20-17(21-25-16)13-5-3-2-4-6-13/h2-10,12H,11H2,1H3. The molecule has 3 aromatic rings. The summed E-state index contributed by atoms with van der Waals surface area (Å²) in [5.41, 5.74) is 0.829. The van der Waals surface area contributed by atoms with Crippen LogP contribution >= 0.6 is 15.9 Å². The molecular formula is C18H15BrN2O4. The van der Waals surface area contributed by atoms with Crippen LogP contribution in [0.2, 0.25) is 0 Å². The van der Waals surface area contributed by atoms with E-state index in [2.05, 4.69) is 26.1 Å². The zero-order valence-corrected chi connectivity index (χ0v) is 15.0. The molecule has 6 nitrogen and oxygen atoms in total. The van der Waals surface area contributed by atoms with E-state index in [-0.39, 0.29) is 12.5 Å². The molecule has 0 bridgehead atoms. The minimum atomic E-state index is -0.752. The smallest absolute Gasteiger partial charge is 0.347 e. The second kappa shape index (κ2) is 7.94. The summed E-state index contributed by atoms with van der Waals surface area (Å²) in [6, 6.07) is 16.6. The Kier molecular flexibility index (Phi) is 5.45. The molecule has 0 spiro atoms. The Hall–Kier alpha value is -2.67. The third-order valence-corrected chi connectivity index (χ3v) is 3.83. The van der Waals surface area contributed by atoms with Crippen LogP contribution in [-0.4, -0.2) is 22.2 Å². The lowest BCUT2D eigenvalue weighted by Gasteiger charge is -2.13. The maximum atomic E-state index is 12.0. The molecule has 1 heterocycles. The Morgan fingerprint density at radius 2 is 1.88 bits per heavy atom. The van der Waals surface area contributed by atoms with Gasteiger partial charge in [-0.1, -0.05) is 51.4 Å². The summed E-state index contributed by atoms with van der Waals surface area (Å²) in [4.78, 5) is 16.2. The summed E-state index contributed by atoms with van der Waals surface area (Å²) in [7, 11) is 0. The molecule has 0 N–H and O–H groups in total. The van der Waals surface area contributed by atoms with Crippen molar-refractivity contribution in [3.8, 4) is 17.1 Å². The number of halogens is 1. The zero-order chi connectivity index (χ0) is 17.6. The molecular weight excluding hydrogens is 388 g/mol. The van der Waals surface area contributed by atoms with E-state index >= 15 is 0 Å². The fourth-order valence-electron chi connectivity index (χ4n) is 2.03. The number of hydrogen-bond donors (Lipinski definition) is 0. The van der Waals surface area contributed by atoms with E-state index in [0.29, 0.717) is 11.6 Å². The van der Waals surface area contributed by atoms with Crippen molar-refractivity contribution in [3.05, 3.63) is 65.0 Å². The molecule has 0 aliphatic rings. The number of hydrogen-bond acceptors (Lipinski definition) is 6. The van der Waals surface area contributed by atoms with Crippen LogP contribution in [0.5, 0.6) is 5.75 Å². The molecule has 2 aromatic carbocycles. The van der Waals surface area contributed by atoms with Crippen molar-refractivity contribution in [2.24, 2.45) is 0 Å². The number of carbonyl (C=O) groups excluding carboxylic acids is 1. The van der Waals surface area contributed by atoms with Crippen LogP contribution in [0.25, 0.3) is 11.4 Å². The topological polar surface area (TPSA) is 74.5 Å². The van der Waals surface area contributed by atoms with Gasteiger partial charge in [-0.3, -0.25) is 0 Å². The van der Waals surface area contributed by atoms with Crippen molar-refractivity contribution in [1.29, 1.82) is 0 Å². The average molecular weight is 403 g/mol. The maximum Gasteiger partial charge on any atom is 0.347 e. The first-order valence-electron chi connectivity index (χ1n) is 7.58. The van der Waals surface area contributed by atoms with Gasteiger partial charge in [0.2, 0.25) is 5.82 Å². The number of benzene rings is 2. The number of carbonyl (C=O) groups is 1. The van der Waals surface area contributed by atoms with Crippen molar-refractivity contribution in [3.63, 3.8) is 0 Å². The molecule has 25 heavy (non-hydrogen) atoms. The van der Waals surface area contributed by atoms with Crippen LogP contribution in [0.15, 0.2) is 63.6 Å². The molecule has 0 aliphatic carbocycles. The highest BCUT2D eigenvalue weighted by molar-refractivity contribution is 9.10. The van der Waals surface area contributed by atoms with Crippen molar-refractivity contribution in [1.82, 2.24) is 10.1 Å². The molecule has 0 radical (unpaired) electrons. The van der Waals surface area contributed by atoms with Gasteiger partial charge in [-0.2, -0.15) is 4.98 Å². The van der Waals surface area contributed by atoms with Gasteiger partial charge in [-0.15, -0.1) is 0 Å². The van der Waals surface area contributed by atoms with Crippen molar-refractivity contribution in [2.45, 2.75) is 19.6 Å². The number of nitrogens with zero attached hydrogens (tertiary/aromatic N) is 2. The quantitative estimate of drug-likeness (QED) is 0.579. The largest absolute Gasteiger partial charge is 0.479 e. The van der Waals surface area contributed by atoms with E-state index in [9.17, 15) is 4.79 Å². The van der Waals surface area contributed by atoms with E-state index in [0.717, 1.165) is 10.0 Å².